The van der Waals surface area contributed by atoms with Gasteiger partial charge < -0.3 is 24.5 Å². The number of hydrogen-bond donors (Lipinski definition) is 1. The van der Waals surface area contributed by atoms with Crippen molar-refractivity contribution >= 4 is 45.5 Å². The fourth-order valence-electron chi connectivity index (χ4n) is 3.99. The number of nitrogens with two attached hydrogens (primary N) is 1. The number of hydrogen-bond acceptors (Lipinski definition) is 9. The molecule has 4 heterocycles. The van der Waals surface area contributed by atoms with Crippen LogP contribution in [-0.4, -0.2) is 55.0 Å². The second kappa shape index (κ2) is 11.0. The highest BCUT2D eigenvalue weighted by Gasteiger charge is 2.47. The number of nitrogen functional groups attached to an aromatic ring is 1. The van der Waals surface area contributed by atoms with Crippen molar-refractivity contribution in [3.8, 4) is 0 Å². The van der Waals surface area contributed by atoms with E-state index in [9.17, 15) is 5.21 Å². The van der Waals surface area contributed by atoms with Crippen LogP contribution in [0, 0.1) is 5.21 Å². The SMILES string of the molecule is CC(C)(C)[Si](C)(C)OC[C@H]1O[C@@H](n2cnc3c(Sc4cccc[n+]4[O-])nc(N)nc32)C[C@@H]1O[Si](C)(C)C(C)(C)C. The Labute approximate surface area is 243 Å². The van der Waals surface area contributed by atoms with Crippen LogP contribution in [0.25, 0.3) is 11.2 Å². The minimum absolute atomic E-state index is 0.0568. The van der Waals surface area contributed by atoms with E-state index in [1.165, 1.54) is 18.0 Å². The lowest BCUT2D eigenvalue weighted by Crippen LogP contribution is -2.48. The van der Waals surface area contributed by atoms with Crippen LogP contribution in [0.3, 0.4) is 0 Å². The molecule has 3 atom stereocenters. The van der Waals surface area contributed by atoms with Gasteiger partial charge in [-0.25, -0.2) is 9.97 Å². The number of rotatable bonds is 8. The van der Waals surface area contributed by atoms with Crippen LogP contribution < -0.4 is 10.5 Å². The van der Waals surface area contributed by atoms with Crippen molar-refractivity contribution in [3.63, 3.8) is 0 Å². The summed E-state index contributed by atoms with van der Waals surface area (Å²) in [6.45, 7) is 23.0. The van der Waals surface area contributed by atoms with Crippen molar-refractivity contribution in [1.29, 1.82) is 0 Å². The zero-order valence-corrected chi connectivity index (χ0v) is 28.2. The highest BCUT2D eigenvalue weighted by molar-refractivity contribution is 7.99. The number of imidazole rings is 1. The molecule has 1 aliphatic rings. The van der Waals surface area contributed by atoms with Gasteiger partial charge in [-0.2, -0.15) is 9.71 Å². The second-order valence-corrected chi connectivity index (χ2v) is 24.1. The van der Waals surface area contributed by atoms with Gasteiger partial charge >= 0.3 is 0 Å². The average molecular weight is 605 g/mol. The van der Waals surface area contributed by atoms with E-state index in [2.05, 4.69) is 82.7 Å². The van der Waals surface area contributed by atoms with Crippen LogP contribution >= 0.6 is 11.8 Å². The van der Waals surface area contributed by atoms with Gasteiger partial charge in [0.1, 0.15) is 22.9 Å². The van der Waals surface area contributed by atoms with Crippen LogP contribution in [0.15, 0.2) is 40.8 Å². The molecule has 0 saturated carbocycles. The molecule has 0 aromatic carbocycles. The maximum atomic E-state index is 12.3. The van der Waals surface area contributed by atoms with E-state index in [1.54, 1.807) is 24.5 Å². The summed E-state index contributed by atoms with van der Waals surface area (Å²) in [5.74, 6) is 0.106. The first kappa shape index (κ1) is 30.9. The summed E-state index contributed by atoms with van der Waals surface area (Å²) in [4.78, 5) is 13.5. The van der Waals surface area contributed by atoms with E-state index >= 15 is 0 Å². The second-order valence-electron chi connectivity index (χ2n) is 13.5. The number of ether oxygens (including phenoxy) is 1. The topological polar surface area (TPSA) is 124 Å². The fraction of sp³-hybridized carbons (Fsp3) is 0.630. The predicted molar refractivity (Wildman–Crippen MR) is 163 cm³/mol. The fourth-order valence-corrected chi connectivity index (χ4v) is 7.23. The molecule has 3 aromatic rings. The summed E-state index contributed by atoms with van der Waals surface area (Å²) in [6, 6.07) is 5.22. The van der Waals surface area contributed by atoms with Gasteiger partial charge in [-0.3, -0.25) is 4.57 Å². The minimum atomic E-state index is -2.09. The normalized spacial score (nSPS) is 20.9. The molecule has 0 radical (unpaired) electrons. The van der Waals surface area contributed by atoms with Gasteiger partial charge in [0.2, 0.25) is 5.95 Å². The van der Waals surface area contributed by atoms with E-state index in [-0.39, 0.29) is 34.5 Å². The van der Waals surface area contributed by atoms with Crippen molar-refractivity contribution in [2.75, 3.05) is 12.3 Å². The van der Waals surface area contributed by atoms with E-state index in [0.717, 1.165) is 4.73 Å². The first-order valence-corrected chi connectivity index (χ1v) is 20.4. The molecule has 13 heteroatoms. The van der Waals surface area contributed by atoms with E-state index in [1.807, 2.05) is 4.57 Å². The van der Waals surface area contributed by atoms with Gasteiger partial charge in [0.25, 0.3) is 5.03 Å². The first-order valence-electron chi connectivity index (χ1n) is 13.7. The number of nitrogens with zero attached hydrogens (tertiary/aromatic N) is 5. The lowest BCUT2D eigenvalue weighted by atomic mass is 10.2. The third-order valence-corrected chi connectivity index (χ3v) is 18.6. The Morgan fingerprint density at radius 2 is 1.77 bits per heavy atom. The Kier molecular flexibility index (Phi) is 8.49. The van der Waals surface area contributed by atoms with Crippen LogP contribution in [-0.2, 0) is 13.6 Å². The standard InChI is InChI=1S/C27H44N6O4SSi2/c1-26(2,3)39(7,8)35-16-19-18(37-40(9,10)27(4,5)6)15-20(36-19)32-17-29-22-23(32)30-25(28)31-24(22)38-21-13-11-12-14-33(21)34/h11-14,17-20H,15-16H2,1-10H3,(H2,28,30,31)/t18-,19+,20+/m0/s1. The molecule has 10 nitrogen and oxygen atoms in total. The quantitative estimate of drug-likeness (QED) is 0.145. The summed E-state index contributed by atoms with van der Waals surface area (Å²) in [5, 5.41) is 13.4. The summed E-state index contributed by atoms with van der Waals surface area (Å²) in [6.07, 6.45) is 3.07. The molecule has 1 saturated heterocycles. The number of pyridine rings is 1. The molecule has 1 fully saturated rings. The molecular weight excluding hydrogens is 561 g/mol. The molecule has 0 aliphatic carbocycles. The lowest BCUT2D eigenvalue weighted by Gasteiger charge is -2.40. The summed E-state index contributed by atoms with van der Waals surface area (Å²) >= 11 is 1.21. The summed E-state index contributed by atoms with van der Waals surface area (Å²) in [7, 11) is -4.08. The maximum absolute atomic E-state index is 12.3. The Bertz CT molecular complexity index is 1360. The molecule has 0 spiro atoms. The molecule has 40 heavy (non-hydrogen) atoms. The average Bonchev–Trinajstić information content (AvgIpc) is 3.41. The Hall–Kier alpha value is -2.04. The highest BCUT2D eigenvalue weighted by atomic mass is 32.2. The monoisotopic (exact) mass is 604 g/mol. The smallest absolute Gasteiger partial charge is 0.257 e. The van der Waals surface area contributed by atoms with Gasteiger partial charge in [-0.1, -0.05) is 41.5 Å². The highest BCUT2D eigenvalue weighted by Crippen LogP contribution is 2.43. The molecule has 0 unspecified atom stereocenters. The summed E-state index contributed by atoms with van der Waals surface area (Å²) in [5.41, 5.74) is 7.25. The van der Waals surface area contributed by atoms with Crippen LogP contribution in [0.1, 0.15) is 54.2 Å². The number of fused-ring (bicyclic) bond motifs is 1. The van der Waals surface area contributed by atoms with Gasteiger partial charge in [-0.05, 0) is 42.3 Å². The molecule has 2 N–H and O–H groups in total. The molecular formula is C27H44N6O4SSi2. The largest absolute Gasteiger partial charge is 0.618 e. The summed E-state index contributed by atoms with van der Waals surface area (Å²) < 4.78 is 22.9. The van der Waals surface area contributed by atoms with E-state index in [0.29, 0.717) is 34.2 Å². The van der Waals surface area contributed by atoms with Crippen molar-refractivity contribution in [3.05, 3.63) is 35.9 Å². The van der Waals surface area contributed by atoms with Crippen molar-refractivity contribution in [1.82, 2.24) is 19.5 Å². The van der Waals surface area contributed by atoms with Crippen LogP contribution in [0.2, 0.25) is 36.3 Å². The first-order chi connectivity index (χ1) is 18.4. The Morgan fingerprint density at radius 3 is 2.40 bits per heavy atom. The minimum Gasteiger partial charge on any atom is -0.618 e. The van der Waals surface area contributed by atoms with Crippen molar-refractivity contribution < 1.29 is 18.3 Å². The predicted octanol–water partition coefficient (Wildman–Crippen LogP) is 5.89. The zero-order valence-electron chi connectivity index (χ0n) is 25.4. The number of anilines is 1. The maximum Gasteiger partial charge on any atom is 0.257 e. The number of aromatic nitrogens is 5. The van der Waals surface area contributed by atoms with Gasteiger partial charge in [0.05, 0.1) is 19.0 Å². The molecule has 220 valence electrons. The van der Waals surface area contributed by atoms with E-state index in [4.69, 9.17) is 19.3 Å². The van der Waals surface area contributed by atoms with Gasteiger partial charge in [-0.15, -0.1) is 0 Å². The van der Waals surface area contributed by atoms with Crippen LogP contribution in [0.5, 0.6) is 0 Å². The third kappa shape index (κ3) is 6.39. The van der Waals surface area contributed by atoms with Gasteiger partial charge in [0.15, 0.2) is 28.5 Å². The zero-order chi connectivity index (χ0) is 29.7. The van der Waals surface area contributed by atoms with Crippen molar-refractivity contribution in [2.24, 2.45) is 0 Å². The van der Waals surface area contributed by atoms with E-state index < -0.39 is 16.6 Å². The van der Waals surface area contributed by atoms with Gasteiger partial charge in [0, 0.05) is 30.3 Å². The Morgan fingerprint density at radius 1 is 1.10 bits per heavy atom. The molecule has 0 bridgehead atoms. The van der Waals surface area contributed by atoms with Crippen molar-refractivity contribution in [2.45, 2.75) is 113 Å². The molecule has 4 rings (SSSR count). The van der Waals surface area contributed by atoms with Crippen LogP contribution in [0.4, 0.5) is 5.95 Å². The molecule has 1 aliphatic heterocycles. The molecule has 3 aromatic heterocycles. The molecule has 0 amide bonds. The lowest BCUT2D eigenvalue weighted by molar-refractivity contribution is -0.645. The Balaban J connectivity index is 1.65. The third-order valence-electron chi connectivity index (χ3n) is 8.55.